The highest BCUT2D eigenvalue weighted by Gasteiger charge is 2.18. The second-order valence-corrected chi connectivity index (χ2v) is 4.27. The van der Waals surface area contributed by atoms with Crippen molar-refractivity contribution < 1.29 is 19.4 Å². The number of hydrogen-bond acceptors (Lipinski definition) is 5. The van der Waals surface area contributed by atoms with Crippen LogP contribution in [0.25, 0.3) is 11.0 Å². The molecule has 2 aromatic rings. The Balaban J connectivity index is 2.23. The molecule has 0 atom stereocenters. The molecule has 2 heterocycles. The van der Waals surface area contributed by atoms with Gasteiger partial charge in [0.2, 0.25) is 0 Å². The van der Waals surface area contributed by atoms with Gasteiger partial charge in [-0.15, -0.1) is 0 Å². The predicted molar refractivity (Wildman–Crippen MR) is 72.1 cm³/mol. The molecule has 0 aromatic carbocycles. The first kappa shape index (κ1) is 14.3. The van der Waals surface area contributed by atoms with Gasteiger partial charge in [0.15, 0.2) is 5.65 Å². The Morgan fingerprint density at radius 3 is 2.85 bits per heavy atom. The highest BCUT2D eigenvalue weighted by molar-refractivity contribution is 5.97. The fourth-order valence-electron chi connectivity index (χ4n) is 1.83. The van der Waals surface area contributed by atoms with Crippen molar-refractivity contribution in [1.82, 2.24) is 14.8 Å². The number of fused-ring (bicyclic) bond motifs is 1. The van der Waals surface area contributed by atoms with Gasteiger partial charge in [-0.2, -0.15) is 5.10 Å². The highest BCUT2D eigenvalue weighted by atomic mass is 16.5. The van der Waals surface area contributed by atoms with E-state index in [1.165, 1.54) is 6.20 Å². The molecule has 0 fully saturated rings. The molecule has 0 saturated carbocycles. The average molecular weight is 279 g/mol. The number of nitrogens with zero attached hydrogens (tertiary/aromatic N) is 3. The van der Waals surface area contributed by atoms with E-state index in [1.54, 1.807) is 17.9 Å². The Hall–Kier alpha value is -2.15. The van der Waals surface area contributed by atoms with Gasteiger partial charge in [-0.25, -0.2) is 9.78 Å². The minimum Gasteiger partial charge on any atom is -0.489 e. The predicted octanol–water partition coefficient (Wildman–Crippen LogP) is 1.47. The van der Waals surface area contributed by atoms with Crippen molar-refractivity contribution in [2.45, 2.75) is 13.3 Å². The number of aromatic carboxylic acids is 1. The van der Waals surface area contributed by atoms with Gasteiger partial charge < -0.3 is 14.6 Å². The summed E-state index contributed by atoms with van der Waals surface area (Å²) in [6, 6.07) is 0. The van der Waals surface area contributed by atoms with Crippen LogP contribution in [0.1, 0.15) is 23.7 Å². The Bertz CT molecular complexity index is 609. The zero-order chi connectivity index (χ0) is 14.5. The minimum atomic E-state index is -1.08. The van der Waals surface area contributed by atoms with Crippen LogP contribution in [0.2, 0.25) is 0 Å². The maximum absolute atomic E-state index is 11.2. The smallest absolute Gasteiger partial charge is 0.341 e. The lowest BCUT2D eigenvalue weighted by Gasteiger charge is -2.10. The Labute approximate surface area is 116 Å². The summed E-state index contributed by atoms with van der Waals surface area (Å²) in [6.07, 6.45) is 3.77. The maximum Gasteiger partial charge on any atom is 0.341 e. The van der Waals surface area contributed by atoms with E-state index in [0.717, 1.165) is 6.42 Å². The molecule has 0 aliphatic heterocycles. The number of ether oxygens (including phenoxy) is 2. The van der Waals surface area contributed by atoms with Crippen LogP contribution in [0.4, 0.5) is 0 Å². The first-order chi connectivity index (χ1) is 9.65. The van der Waals surface area contributed by atoms with Crippen molar-refractivity contribution in [2.24, 2.45) is 7.05 Å². The molecule has 20 heavy (non-hydrogen) atoms. The van der Waals surface area contributed by atoms with E-state index >= 15 is 0 Å². The molecule has 0 spiro atoms. The molecule has 0 amide bonds. The van der Waals surface area contributed by atoms with Gasteiger partial charge in [-0.3, -0.25) is 4.68 Å². The molecule has 0 aliphatic carbocycles. The van der Waals surface area contributed by atoms with E-state index in [4.69, 9.17) is 9.47 Å². The van der Waals surface area contributed by atoms with Gasteiger partial charge in [0.1, 0.15) is 17.9 Å². The van der Waals surface area contributed by atoms with Crippen LogP contribution >= 0.6 is 0 Å². The fourth-order valence-corrected chi connectivity index (χ4v) is 1.83. The molecular weight excluding hydrogens is 262 g/mol. The van der Waals surface area contributed by atoms with E-state index in [0.29, 0.717) is 24.2 Å². The molecule has 7 nitrogen and oxygen atoms in total. The number of aryl methyl sites for hydroxylation is 1. The second kappa shape index (κ2) is 6.33. The molecule has 2 aromatic heterocycles. The number of aromatic nitrogens is 3. The molecule has 2 rings (SSSR count). The normalized spacial score (nSPS) is 10.9. The lowest BCUT2D eigenvalue weighted by Crippen LogP contribution is -2.10. The van der Waals surface area contributed by atoms with Crippen molar-refractivity contribution in [1.29, 1.82) is 0 Å². The van der Waals surface area contributed by atoms with E-state index in [2.05, 4.69) is 10.1 Å². The van der Waals surface area contributed by atoms with Gasteiger partial charge in [0, 0.05) is 19.9 Å². The molecule has 0 saturated heterocycles. The van der Waals surface area contributed by atoms with Crippen LogP contribution in [0.3, 0.4) is 0 Å². The summed E-state index contributed by atoms with van der Waals surface area (Å²) in [5.74, 6) is -0.788. The average Bonchev–Trinajstić information content (AvgIpc) is 2.80. The SMILES string of the molecule is CCCOCCOc1c(C(=O)O)cnc2c1cnn2C. The molecular formula is C13H17N3O4. The third-order valence-electron chi connectivity index (χ3n) is 2.77. The first-order valence-electron chi connectivity index (χ1n) is 6.39. The van der Waals surface area contributed by atoms with Crippen LogP contribution in [0, 0.1) is 0 Å². The van der Waals surface area contributed by atoms with E-state index < -0.39 is 5.97 Å². The summed E-state index contributed by atoms with van der Waals surface area (Å²) >= 11 is 0. The summed E-state index contributed by atoms with van der Waals surface area (Å²) in [6.45, 7) is 3.38. The molecule has 7 heteroatoms. The summed E-state index contributed by atoms with van der Waals surface area (Å²) in [7, 11) is 1.74. The third kappa shape index (κ3) is 2.88. The van der Waals surface area contributed by atoms with E-state index in [9.17, 15) is 9.90 Å². The lowest BCUT2D eigenvalue weighted by atomic mass is 10.2. The van der Waals surface area contributed by atoms with E-state index in [1.807, 2.05) is 6.92 Å². The van der Waals surface area contributed by atoms with E-state index in [-0.39, 0.29) is 17.9 Å². The summed E-state index contributed by atoms with van der Waals surface area (Å²) < 4.78 is 12.5. The molecule has 0 radical (unpaired) electrons. The number of carbonyl (C=O) groups is 1. The van der Waals surface area contributed by atoms with Crippen molar-refractivity contribution >= 4 is 17.0 Å². The Morgan fingerprint density at radius 1 is 1.35 bits per heavy atom. The quantitative estimate of drug-likeness (QED) is 0.772. The third-order valence-corrected chi connectivity index (χ3v) is 2.77. The molecule has 1 N–H and O–H groups in total. The van der Waals surface area contributed by atoms with Crippen LogP contribution < -0.4 is 4.74 Å². The van der Waals surface area contributed by atoms with Crippen LogP contribution in [-0.4, -0.2) is 45.7 Å². The molecule has 108 valence electrons. The van der Waals surface area contributed by atoms with Gasteiger partial charge in [-0.1, -0.05) is 6.92 Å². The highest BCUT2D eigenvalue weighted by Crippen LogP contribution is 2.27. The van der Waals surface area contributed by atoms with Crippen molar-refractivity contribution in [3.63, 3.8) is 0 Å². The second-order valence-electron chi connectivity index (χ2n) is 4.27. The topological polar surface area (TPSA) is 86.5 Å². The lowest BCUT2D eigenvalue weighted by molar-refractivity contribution is 0.0685. The first-order valence-corrected chi connectivity index (χ1v) is 6.39. The monoisotopic (exact) mass is 279 g/mol. The zero-order valence-corrected chi connectivity index (χ0v) is 11.5. The van der Waals surface area contributed by atoms with Crippen LogP contribution in [0.15, 0.2) is 12.4 Å². The largest absolute Gasteiger partial charge is 0.489 e. The Morgan fingerprint density at radius 2 is 2.15 bits per heavy atom. The number of hydrogen-bond donors (Lipinski definition) is 1. The van der Waals surface area contributed by atoms with Crippen molar-refractivity contribution in [3.05, 3.63) is 18.0 Å². The standard InChI is InChI=1S/C13H17N3O4/c1-3-4-19-5-6-20-11-9-8-15-16(2)12(9)14-7-10(11)13(17)18/h7-8H,3-6H2,1-2H3,(H,17,18). The number of carboxylic acids is 1. The number of carboxylic acid groups (broad SMARTS) is 1. The van der Waals surface area contributed by atoms with Crippen molar-refractivity contribution in [3.8, 4) is 5.75 Å². The molecule has 0 unspecified atom stereocenters. The summed E-state index contributed by atoms with van der Waals surface area (Å²) in [5, 5.41) is 13.8. The van der Waals surface area contributed by atoms with Crippen LogP contribution in [-0.2, 0) is 11.8 Å². The molecule has 0 aliphatic rings. The minimum absolute atomic E-state index is 0.0287. The van der Waals surface area contributed by atoms with Gasteiger partial charge >= 0.3 is 5.97 Å². The van der Waals surface area contributed by atoms with Gasteiger partial charge in [0.25, 0.3) is 0 Å². The molecule has 0 bridgehead atoms. The van der Waals surface area contributed by atoms with Gasteiger partial charge in [0.05, 0.1) is 18.2 Å². The maximum atomic E-state index is 11.2. The Kier molecular flexibility index (Phi) is 4.52. The number of rotatable bonds is 7. The summed E-state index contributed by atoms with van der Waals surface area (Å²) in [4.78, 5) is 15.3. The van der Waals surface area contributed by atoms with Gasteiger partial charge in [-0.05, 0) is 6.42 Å². The summed E-state index contributed by atoms with van der Waals surface area (Å²) in [5.41, 5.74) is 0.612. The van der Waals surface area contributed by atoms with Crippen LogP contribution in [0.5, 0.6) is 5.75 Å². The zero-order valence-electron chi connectivity index (χ0n) is 11.5. The van der Waals surface area contributed by atoms with Crippen molar-refractivity contribution in [2.75, 3.05) is 19.8 Å². The number of pyridine rings is 1. The fraction of sp³-hybridized carbons (Fsp3) is 0.462.